The van der Waals surface area contributed by atoms with Gasteiger partial charge in [0.2, 0.25) is 5.13 Å². The minimum Gasteiger partial charge on any atom is -0.384 e. The Bertz CT molecular complexity index is 833. The second-order valence-corrected chi connectivity index (χ2v) is 9.21. The van der Waals surface area contributed by atoms with Gasteiger partial charge in [0.05, 0.1) is 5.69 Å². The Morgan fingerprint density at radius 1 is 1.33 bits per heavy atom. The number of benzene rings is 1. The molecule has 0 unspecified atom stereocenters. The third kappa shape index (κ3) is 6.96. The first-order valence-corrected chi connectivity index (χ1v) is 11.3. The minimum atomic E-state index is -4.09. The van der Waals surface area contributed by atoms with E-state index in [9.17, 15) is 12.8 Å². The fraction of sp³-hybridized carbons (Fsp3) is 0.467. The largest absolute Gasteiger partial charge is 0.384 e. The Balaban J connectivity index is 1.92. The van der Waals surface area contributed by atoms with Crippen molar-refractivity contribution in [1.82, 2.24) is 14.7 Å². The van der Waals surface area contributed by atoms with E-state index in [2.05, 4.69) is 40.6 Å². The lowest BCUT2D eigenvalue weighted by Crippen LogP contribution is -2.31. The van der Waals surface area contributed by atoms with Crippen LogP contribution in [-0.2, 0) is 10.0 Å². The average molecular weight is 481 g/mol. The van der Waals surface area contributed by atoms with Gasteiger partial charge in [-0.2, -0.15) is 4.37 Å². The molecule has 8 nitrogen and oxygen atoms in total. The molecule has 0 aliphatic rings. The molecule has 1 aromatic heterocycles. The Morgan fingerprint density at radius 2 is 2.07 bits per heavy atom. The number of anilines is 2. The van der Waals surface area contributed by atoms with Gasteiger partial charge >= 0.3 is 0 Å². The second-order valence-electron chi connectivity index (χ2n) is 5.93. The first-order valence-electron chi connectivity index (χ1n) is 8.28. The van der Waals surface area contributed by atoms with Crippen molar-refractivity contribution in [2.45, 2.75) is 30.7 Å². The number of unbranched alkanes of at least 4 members (excludes halogenated alkanes) is 1. The number of aromatic nitrogens is 2. The number of hydrogen-bond donors (Lipinski definition) is 4. The van der Waals surface area contributed by atoms with Gasteiger partial charge < -0.3 is 16.4 Å². The number of halogens is 2. The highest BCUT2D eigenvalue weighted by atomic mass is 79.9. The molecule has 0 bridgehead atoms. The third-order valence-corrected chi connectivity index (χ3v) is 6.18. The lowest BCUT2D eigenvalue weighted by Gasteiger charge is -2.12. The zero-order chi connectivity index (χ0) is 19.9. The summed E-state index contributed by atoms with van der Waals surface area (Å²) in [6.07, 6.45) is 3.03. The van der Waals surface area contributed by atoms with E-state index in [0.29, 0.717) is 16.7 Å². The maximum absolute atomic E-state index is 14.4. The molecule has 2 aromatic rings. The molecule has 0 radical (unpaired) electrons. The van der Waals surface area contributed by atoms with Gasteiger partial charge in [-0.15, -0.1) is 0 Å². The third-order valence-electron chi connectivity index (χ3n) is 3.46. The van der Waals surface area contributed by atoms with E-state index in [1.165, 1.54) is 12.4 Å². The first-order chi connectivity index (χ1) is 12.8. The van der Waals surface area contributed by atoms with Crippen LogP contribution in [0, 0.1) is 5.82 Å². The normalized spacial score (nSPS) is 12.7. The van der Waals surface area contributed by atoms with Crippen molar-refractivity contribution in [1.29, 1.82) is 0 Å². The minimum absolute atomic E-state index is 0.0744. The molecule has 1 heterocycles. The van der Waals surface area contributed by atoms with Gasteiger partial charge in [-0.1, -0.05) is 0 Å². The summed E-state index contributed by atoms with van der Waals surface area (Å²) in [5.74, 6) is -0.851. The predicted octanol–water partition coefficient (Wildman–Crippen LogP) is 2.37. The van der Waals surface area contributed by atoms with Crippen LogP contribution in [-0.4, -0.2) is 43.5 Å². The van der Waals surface area contributed by atoms with Gasteiger partial charge in [0, 0.05) is 35.1 Å². The average Bonchev–Trinajstić information content (AvgIpc) is 3.08. The Kier molecular flexibility index (Phi) is 8.35. The molecule has 0 aliphatic heterocycles. The molecule has 1 aromatic carbocycles. The van der Waals surface area contributed by atoms with E-state index < -0.39 is 20.7 Å². The van der Waals surface area contributed by atoms with Crippen molar-refractivity contribution >= 4 is 48.3 Å². The highest BCUT2D eigenvalue weighted by Crippen LogP contribution is 2.29. The molecule has 1 atom stereocenters. The number of nitrogens with two attached hydrogens (primary N) is 1. The van der Waals surface area contributed by atoms with E-state index in [4.69, 9.17) is 5.73 Å². The highest BCUT2D eigenvalue weighted by molar-refractivity contribution is 9.10. The van der Waals surface area contributed by atoms with Crippen LogP contribution in [0.4, 0.5) is 15.2 Å². The van der Waals surface area contributed by atoms with Crippen molar-refractivity contribution in [3.63, 3.8) is 0 Å². The fourth-order valence-electron chi connectivity index (χ4n) is 2.19. The van der Waals surface area contributed by atoms with Gasteiger partial charge in [0.15, 0.2) is 0 Å². The van der Waals surface area contributed by atoms with Crippen LogP contribution in [0.1, 0.15) is 19.8 Å². The summed E-state index contributed by atoms with van der Waals surface area (Å²) in [4.78, 5) is 3.27. The number of rotatable bonds is 11. The molecular formula is C15H22BrFN6O2S2. The standard InChI is InChI=1S/C15H22BrFN6O2S2/c1-10(18)8-19-4-2-3-5-20-13-7-12(17)14(6-11(13)16)27(24,25)23-15-21-9-22-26-15/h6-7,9-10,19-20H,2-5,8,18H2,1H3,(H,21,22,23)/t10-/m0/s1. The summed E-state index contributed by atoms with van der Waals surface area (Å²) in [6, 6.07) is 2.51. The van der Waals surface area contributed by atoms with Crippen LogP contribution < -0.4 is 21.1 Å². The molecule has 0 amide bonds. The first kappa shape index (κ1) is 22.0. The van der Waals surface area contributed by atoms with Gasteiger partial charge in [-0.3, -0.25) is 4.72 Å². The predicted molar refractivity (Wildman–Crippen MR) is 109 cm³/mol. The van der Waals surface area contributed by atoms with Crippen molar-refractivity contribution in [2.75, 3.05) is 29.7 Å². The Hall–Kier alpha value is -1.34. The molecule has 2 rings (SSSR count). The highest BCUT2D eigenvalue weighted by Gasteiger charge is 2.22. The molecular weight excluding hydrogens is 459 g/mol. The zero-order valence-electron chi connectivity index (χ0n) is 14.7. The van der Waals surface area contributed by atoms with Crippen LogP contribution in [0.5, 0.6) is 0 Å². The van der Waals surface area contributed by atoms with E-state index in [-0.39, 0.29) is 11.2 Å². The summed E-state index contributed by atoms with van der Waals surface area (Å²) < 4.78 is 45.4. The van der Waals surface area contributed by atoms with E-state index in [1.54, 1.807) is 0 Å². The quantitative estimate of drug-likeness (QED) is 0.364. The van der Waals surface area contributed by atoms with Gasteiger partial charge in [-0.25, -0.2) is 17.8 Å². The van der Waals surface area contributed by atoms with Gasteiger partial charge in [-0.05, 0) is 54.4 Å². The van der Waals surface area contributed by atoms with Gasteiger partial charge in [0.25, 0.3) is 10.0 Å². The van der Waals surface area contributed by atoms with E-state index in [0.717, 1.165) is 43.5 Å². The van der Waals surface area contributed by atoms with Crippen LogP contribution >= 0.6 is 27.5 Å². The van der Waals surface area contributed by atoms with Crippen molar-refractivity contribution in [3.05, 3.63) is 28.7 Å². The maximum atomic E-state index is 14.4. The van der Waals surface area contributed by atoms with Crippen LogP contribution in [0.3, 0.4) is 0 Å². The number of sulfonamides is 1. The molecule has 0 spiro atoms. The summed E-state index contributed by atoms with van der Waals surface area (Å²) in [6.45, 7) is 4.19. The SMILES string of the molecule is C[C@H](N)CNCCCCNc1cc(F)c(S(=O)(=O)Nc2ncns2)cc1Br. The molecule has 12 heteroatoms. The summed E-state index contributed by atoms with van der Waals surface area (Å²) in [5.41, 5.74) is 6.14. The van der Waals surface area contributed by atoms with Crippen molar-refractivity contribution < 1.29 is 12.8 Å². The molecule has 5 N–H and O–H groups in total. The maximum Gasteiger partial charge on any atom is 0.266 e. The summed E-state index contributed by atoms with van der Waals surface area (Å²) in [7, 11) is -4.09. The topological polar surface area (TPSA) is 122 Å². The zero-order valence-corrected chi connectivity index (χ0v) is 17.9. The van der Waals surface area contributed by atoms with Gasteiger partial charge in [0.1, 0.15) is 17.0 Å². The van der Waals surface area contributed by atoms with Crippen molar-refractivity contribution in [3.8, 4) is 0 Å². The number of nitrogens with one attached hydrogen (secondary N) is 3. The Labute approximate surface area is 170 Å². The molecule has 0 fully saturated rings. The fourth-order valence-corrected chi connectivity index (χ4v) is 4.57. The second kappa shape index (κ2) is 10.3. The number of nitrogens with zero attached hydrogens (tertiary/aromatic N) is 2. The molecule has 0 saturated carbocycles. The molecule has 27 heavy (non-hydrogen) atoms. The molecule has 0 aliphatic carbocycles. The van der Waals surface area contributed by atoms with Crippen LogP contribution in [0.2, 0.25) is 0 Å². The summed E-state index contributed by atoms with van der Waals surface area (Å²) >= 11 is 4.16. The van der Waals surface area contributed by atoms with Crippen LogP contribution in [0.15, 0.2) is 27.8 Å². The van der Waals surface area contributed by atoms with E-state index >= 15 is 0 Å². The summed E-state index contributed by atoms with van der Waals surface area (Å²) in [5, 5.41) is 6.42. The number of hydrogen-bond acceptors (Lipinski definition) is 8. The lowest BCUT2D eigenvalue weighted by atomic mass is 10.2. The molecule has 150 valence electrons. The van der Waals surface area contributed by atoms with Crippen molar-refractivity contribution in [2.24, 2.45) is 5.73 Å². The van der Waals surface area contributed by atoms with Crippen LogP contribution in [0.25, 0.3) is 0 Å². The smallest absolute Gasteiger partial charge is 0.266 e. The lowest BCUT2D eigenvalue weighted by molar-refractivity contribution is 0.570. The van der Waals surface area contributed by atoms with E-state index in [1.807, 2.05) is 6.92 Å². The monoisotopic (exact) mass is 480 g/mol. The molecule has 0 saturated heterocycles. The Morgan fingerprint density at radius 3 is 2.74 bits per heavy atom.